The normalized spacial score (nSPS) is 25.7. The summed E-state index contributed by atoms with van der Waals surface area (Å²) in [5.41, 5.74) is -0.932. The number of hydrogen-bond donors (Lipinski definition) is 3. The maximum Gasteiger partial charge on any atom is 0.222 e. The largest absolute Gasteiger partial charge is 0.378 e. The minimum atomic E-state index is -0.932. The van der Waals surface area contributed by atoms with Gasteiger partial charge in [-0.3, -0.25) is 9.59 Å². The zero-order valence-corrected chi connectivity index (χ0v) is 15.1. The van der Waals surface area contributed by atoms with Crippen molar-refractivity contribution in [1.29, 1.82) is 0 Å². The summed E-state index contributed by atoms with van der Waals surface area (Å²) in [6.45, 7) is 7.36. The van der Waals surface area contributed by atoms with Gasteiger partial charge in [-0.25, -0.2) is 0 Å². The van der Waals surface area contributed by atoms with Crippen LogP contribution in [0.15, 0.2) is 0 Å². The second-order valence-electron chi connectivity index (χ2n) is 8.08. The highest BCUT2D eigenvalue weighted by molar-refractivity contribution is 5.77. The van der Waals surface area contributed by atoms with Crippen LogP contribution < -0.4 is 10.6 Å². The Morgan fingerprint density at radius 1 is 1.17 bits per heavy atom. The van der Waals surface area contributed by atoms with Gasteiger partial charge in [0.25, 0.3) is 0 Å². The molecule has 0 aromatic carbocycles. The van der Waals surface area contributed by atoms with Crippen LogP contribution in [-0.4, -0.2) is 41.9 Å². The molecule has 0 saturated heterocycles. The van der Waals surface area contributed by atoms with Crippen LogP contribution >= 0.6 is 0 Å². The van der Waals surface area contributed by atoms with Gasteiger partial charge in [0.05, 0.1) is 6.10 Å². The van der Waals surface area contributed by atoms with E-state index in [2.05, 4.69) is 10.6 Å². The van der Waals surface area contributed by atoms with Gasteiger partial charge < -0.3 is 20.5 Å². The molecule has 0 aromatic rings. The Morgan fingerprint density at radius 3 is 2.42 bits per heavy atom. The summed E-state index contributed by atoms with van der Waals surface area (Å²) in [5, 5.41) is 15.3. The van der Waals surface area contributed by atoms with Gasteiger partial charge in [-0.05, 0) is 43.4 Å². The summed E-state index contributed by atoms with van der Waals surface area (Å²) in [4.78, 5) is 23.4. The zero-order chi connectivity index (χ0) is 17.7. The van der Waals surface area contributed by atoms with Crippen LogP contribution in [0.3, 0.4) is 0 Å². The van der Waals surface area contributed by atoms with Gasteiger partial charge in [0.15, 0.2) is 0 Å². The van der Waals surface area contributed by atoms with Gasteiger partial charge in [0.2, 0.25) is 11.8 Å². The van der Waals surface area contributed by atoms with Crippen molar-refractivity contribution in [2.24, 2.45) is 17.8 Å². The third-order valence-electron chi connectivity index (χ3n) is 4.62. The van der Waals surface area contributed by atoms with Crippen molar-refractivity contribution in [2.75, 3.05) is 13.2 Å². The minimum Gasteiger partial charge on any atom is -0.378 e. The summed E-state index contributed by atoms with van der Waals surface area (Å²) in [5.74, 6) is 1.06. The zero-order valence-electron chi connectivity index (χ0n) is 15.1. The number of carbonyl (C=O) groups is 2. The third-order valence-corrected chi connectivity index (χ3v) is 4.62. The molecule has 2 saturated carbocycles. The molecule has 1 atom stereocenters. The first-order chi connectivity index (χ1) is 11.3. The number of aliphatic hydroxyl groups is 1. The molecule has 2 fully saturated rings. The standard InChI is InChI=1S/C18H32N2O4/c1-12(2)6-16(21)19-10-14-8-15(9-14)24-11-13(3)7-17(22)20-18(23)4-5-18/h12-15,23H,4-11H2,1-3H3,(H,19,21)(H,20,22)/t13-,14?,15?/m1/s1. The number of carbonyl (C=O) groups excluding carboxylic acids is 2. The minimum absolute atomic E-state index is 0.106. The van der Waals surface area contributed by atoms with Crippen LogP contribution in [0, 0.1) is 17.8 Å². The molecule has 2 aliphatic carbocycles. The summed E-state index contributed by atoms with van der Waals surface area (Å²) < 4.78 is 5.83. The van der Waals surface area contributed by atoms with Gasteiger partial charge in [0, 0.05) is 26.0 Å². The number of hydrogen-bond acceptors (Lipinski definition) is 4. The topological polar surface area (TPSA) is 87.7 Å². The van der Waals surface area contributed by atoms with Crippen LogP contribution in [0.2, 0.25) is 0 Å². The van der Waals surface area contributed by atoms with Gasteiger partial charge in [-0.15, -0.1) is 0 Å². The Kier molecular flexibility index (Phi) is 6.63. The summed E-state index contributed by atoms with van der Waals surface area (Å²) in [6.07, 6.45) is 4.46. The molecule has 0 bridgehead atoms. The molecule has 6 nitrogen and oxygen atoms in total. The van der Waals surface area contributed by atoms with Gasteiger partial charge in [0.1, 0.15) is 5.72 Å². The summed E-state index contributed by atoms with van der Waals surface area (Å²) in [6, 6.07) is 0. The number of amides is 2. The fraction of sp³-hybridized carbons (Fsp3) is 0.889. The molecular weight excluding hydrogens is 308 g/mol. The number of nitrogens with one attached hydrogen (secondary N) is 2. The lowest BCUT2D eigenvalue weighted by molar-refractivity contribution is -0.126. The first kappa shape index (κ1) is 19.2. The van der Waals surface area contributed by atoms with E-state index in [-0.39, 0.29) is 23.8 Å². The molecule has 0 heterocycles. The van der Waals surface area contributed by atoms with E-state index >= 15 is 0 Å². The Morgan fingerprint density at radius 2 is 1.83 bits per heavy atom. The molecule has 2 amide bonds. The quantitative estimate of drug-likeness (QED) is 0.527. The van der Waals surface area contributed by atoms with E-state index < -0.39 is 5.72 Å². The van der Waals surface area contributed by atoms with Gasteiger partial charge in [-0.1, -0.05) is 20.8 Å². The third kappa shape index (κ3) is 6.77. The molecule has 3 N–H and O–H groups in total. The van der Waals surface area contributed by atoms with Crippen molar-refractivity contribution >= 4 is 11.8 Å². The average Bonchev–Trinajstić information content (AvgIpc) is 3.12. The second-order valence-corrected chi connectivity index (χ2v) is 8.08. The van der Waals surface area contributed by atoms with Crippen molar-refractivity contribution in [3.8, 4) is 0 Å². The van der Waals surface area contributed by atoms with Crippen LogP contribution in [-0.2, 0) is 14.3 Å². The number of ether oxygens (including phenoxy) is 1. The van der Waals surface area contributed by atoms with Crippen molar-refractivity contribution in [2.45, 2.75) is 71.1 Å². The van der Waals surface area contributed by atoms with E-state index in [1.165, 1.54) is 0 Å². The molecule has 0 unspecified atom stereocenters. The lowest BCUT2D eigenvalue weighted by Crippen LogP contribution is -2.41. The average molecular weight is 340 g/mol. The molecule has 2 rings (SSSR count). The highest BCUT2D eigenvalue weighted by atomic mass is 16.5. The molecule has 6 heteroatoms. The molecular formula is C18H32N2O4. The molecule has 24 heavy (non-hydrogen) atoms. The van der Waals surface area contributed by atoms with E-state index in [4.69, 9.17) is 4.74 Å². The molecule has 0 spiro atoms. The SMILES string of the molecule is CC(C)CC(=O)NCC1CC(OC[C@H](C)CC(=O)NC2(O)CC2)C1. The van der Waals surface area contributed by atoms with Crippen molar-refractivity contribution < 1.29 is 19.4 Å². The first-order valence-electron chi connectivity index (χ1n) is 9.17. The van der Waals surface area contributed by atoms with E-state index in [0.717, 1.165) is 19.4 Å². The van der Waals surface area contributed by atoms with Crippen molar-refractivity contribution in [3.05, 3.63) is 0 Å². The lowest BCUT2D eigenvalue weighted by atomic mass is 9.82. The Bertz CT molecular complexity index is 442. The maximum atomic E-state index is 11.7. The Hall–Kier alpha value is -1.14. The predicted molar refractivity (Wildman–Crippen MR) is 91.0 cm³/mol. The number of rotatable bonds is 10. The fourth-order valence-corrected chi connectivity index (χ4v) is 2.91. The molecule has 0 aromatic heterocycles. The van der Waals surface area contributed by atoms with Crippen LogP contribution in [0.1, 0.15) is 59.3 Å². The fourth-order valence-electron chi connectivity index (χ4n) is 2.91. The van der Waals surface area contributed by atoms with Crippen LogP contribution in [0.4, 0.5) is 0 Å². The second kappa shape index (κ2) is 8.30. The van der Waals surface area contributed by atoms with Gasteiger partial charge in [-0.2, -0.15) is 0 Å². The summed E-state index contributed by atoms with van der Waals surface area (Å²) in [7, 11) is 0. The molecule has 0 radical (unpaired) electrons. The molecule has 138 valence electrons. The highest BCUT2D eigenvalue weighted by Gasteiger charge is 2.41. The van der Waals surface area contributed by atoms with Crippen LogP contribution in [0.25, 0.3) is 0 Å². The lowest BCUT2D eigenvalue weighted by Gasteiger charge is -2.35. The maximum absolute atomic E-state index is 11.7. The molecule has 2 aliphatic rings. The van der Waals surface area contributed by atoms with E-state index in [0.29, 0.717) is 44.1 Å². The van der Waals surface area contributed by atoms with E-state index in [1.54, 1.807) is 0 Å². The smallest absolute Gasteiger partial charge is 0.222 e. The molecule has 0 aliphatic heterocycles. The highest BCUT2D eigenvalue weighted by Crippen LogP contribution is 2.32. The van der Waals surface area contributed by atoms with Crippen molar-refractivity contribution in [1.82, 2.24) is 10.6 Å². The van der Waals surface area contributed by atoms with Gasteiger partial charge >= 0.3 is 0 Å². The van der Waals surface area contributed by atoms with Crippen LogP contribution in [0.5, 0.6) is 0 Å². The Labute approximate surface area is 144 Å². The predicted octanol–water partition coefficient (Wildman–Crippen LogP) is 1.57. The summed E-state index contributed by atoms with van der Waals surface area (Å²) >= 11 is 0. The Balaban J connectivity index is 1.49. The van der Waals surface area contributed by atoms with Crippen molar-refractivity contribution in [3.63, 3.8) is 0 Å². The monoisotopic (exact) mass is 340 g/mol. The van der Waals surface area contributed by atoms with E-state index in [9.17, 15) is 14.7 Å². The van der Waals surface area contributed by atoms with E-state index in [1.807, 2.05) is 20.8 Å². The first-order valence-corrected chi connectivity index (χ1v) is 9.17.